The van der Waals surface area contributed by atoms with Gasteiger partial charge in [-0.3, -0.25) is 4.99 Å². The standard InChI is InChI=1S/C9H15NS/c1-9(2,3)7-5-6-8(10-7)11-4/h6H,5H2,1-4H3. The van der Waals surface area contributed by atoms with Crippen LogP contribution in [0.2, 0.25) is 0 Å². The summed E-state index contributed by atoms with van der Waals surface area (Å²) in [6, 6.07) is 0. The van der Waals surface area contributed by atoms with E-state index in [4.69, 9.17) is 0 Å². The fourth-order valence-electron chi connectivity index (χ4n) is 1.01. The van der Waals surface area contributed by atoms with Gasteiger partial charge in [-0.25, -0.2) is 0 Å². The molecule has 0 unspecified atom stereocenters. The van der Waals surface area contributed by atoms with E-state index < -0.39 is 0 Å². The van der Waals surface area contributed by atoms with Gasteiger partial charge in [-0.05, 0) is 12.3 Å². The molecule has 0 bridgehead atoms. The fraction of sp³-hybridized carbons (Fsp3) is 0.667. The van der Waals surface area contributed by atoms with Crippen LogP contribution in [0.15, 0.2) is 16.1 Å². The number of allylic oxidation sites excluding steroid dienone is 1. The number of rotatable bonds is 1. The number of aliphatic imine (C=N–C) groups is 1. The van der Waals surface area contributed by atoms with Crippen molar-refractivity contribution in [1.29, 1.82) is 0 Å². The Morgan fingerprint density at radius 2 is 2.09 bits per heavy atom. The molecule has 0 fully saturated rings. The summed E-state index contributed by atoms with van der Waals surface area (Å²) in [5.41, 5.74) is 1.55. The van der Waals surface area contributed by atoms with Crippen LogP contribution < -0.4 is 0 Å². The summed E-state index contributed by atoms with van der Waals surface area (Å²) in [6.45, 7) is 6.63. The molecule has 0 saturated heterocycles. The topological polar surface area (TPSA) is 12.4 Å². The van der Waals surface area contributed by atoms with E-state index in [9.17, 15) is 0 Å². The molecule has 0 amide bonds. The Labute approximate surface area is 73.0 Å². The summed E-state index contributed by atoms with van der Waals surface area (Å²) in [4.78, 5) is 4.52. The zero-order chi connectivity index (χ0) is 8.48. The number of hydrogen-bond acceptors (Lipinski definition) is 2. The van der Waals surface area contributed by atoms with Crippen molar-refractivity contribution in [1.82, 2.24) is 0 Å². The minimum absolute atomic E-state index is 0.244. The molecular weight excluding hydrogens is 154 g/mol. The van der Waals surface area contributed by atoms with Crippen LogP contribution >= 0.6 is 11.8 Å². The minimum Gasteiger partial charge on any atom is -0.250 e. The first-order valence-electron chi connectivity index (χ1n) is 3.86. The van der Waals surface area contributed by atoms with Crippen LogP contribution in [0.25, 0.3) is 0 Å². The zero-order valence-electron chi connectivity index (χ0n) is 7.64. The number of thioether (sulfide) groups is 1. The van der Waals surface area contributed by atoms with E-state index in [1.165, 1.54) is 10.7 Å². The molecule has 0 atom stereocenters. The molecule has 0 aromatic rings. The molecule has 0 radical (unpaired) electrons. The average molecular weight is 169 g/mol. The summed E-state index contributed by atoms with van der Waals surface area (Å²) < 4.78 is 0. The Hall–Kier alpha value is -0.240. The van der Waals surface area contributed by atoms with Gasteiger partial charge < -0.3 is 0 Å². The molecular formula is C9H15NS. The molecule has 0 aromatic carbocycles. The van der Waals surface area contributed by atoms with Gasteiger partial charge in [0.25, 0.3) is 0 Å². The van der Waals surface area contributed by atoms with Gasteiger partial charge >= 0.3 is 0 Å². The molecule has 0 spiro atoms. The normalized spacial score (nSPS) is 18.2. The highest BCUT2D eigenvalue weighted by Gasteiger charge is 2.21. The van der Waals surface area contributed by atoms with E-state index in [0.717, 1.165) is 6.42 Å². The average Bonchev–Trinajstić information content (AvgIpc) is 2.32. The second kappa shape index (κ2) is 3.02. The number of hydrogen-bond donors (Lipinski definition) is 0. The highest BCUT2D eigenvalue weighted by atomic mass is 32.2. The molecule has 1 aliphatic heterocycles. The van der Waals surface area contributed by atoms with Crippen LogP contribution in [0.5, 0.6) is 0 Å². The monoisotopic (exact) mass is 169 g/mol. The van der Waals surface area contributed by atoms with Gasteiger partial charge in [-0.15, -0.1) is 11.8 Å². The smallest absolute Gasteiger partial charge is 0.0920 e. The quantitative estimate of drug-likeness (QED) is 0.587. The lowest BCUT2D eigenvalue weighted by molar-refractivity contribution is 0.585. The first kappa shape index (κ1) is 8.85. The largest absolute Gasteiger partial charge is 0.250 e. The van der Waals surface area contributed by atoms with Gasteiger partial charge in [0.15, 0.2) is 0 Å². The van der Waals surface area contributed by atoms with Gasteiger partial charge in [0.1, 0.15) is 0 Å². The lowest BCUT2D eigenvalue weighted by Crippen LogP contribution is -2.17. The van der Waals surface area contributed by atoms with Gasteiger partial charge in [-0.1, -0.05) is 20.8 Å². The lowest BCUT2D eigenvalue weighted by atomic mass is 9.89. The summed E-state index contributed by atoms with van der Waals surface area (Å²) in [5.74, 6) is 0. The highest BCUT2D eigenvalue weighted by Crippen LogP contribution is 2.28. The van der Waals surface area contributed by atoms with Crippen LogP contribution in [0, 0.1) is 5.41 Å². The molecule has 62 valence electrons. The third-order valence-electron chi connectivity index (χ3n) is 1.79. The first-order chi connectivity index (χ1) is 5.04. The maximum atomic E-state index is 4.52. The van der Waals surface area contributed by atoms with Crippen molar-refractivity contribution < 1.29 is 0 Å². The maximum Gasteiger partial charge on any atom is 0.0920 e. The summed E-state index contributed by atoms with van der Waals surface area (Å²) in [5, 5.41) is 1.18. The van der Waals surface area contributed by atoms with Crippen LogP contribution in [-0.2, 0) is 0 Å². The van der Waals surface area contributed by atoms with Gasteiger partial charge in [0.05, 0.1) is 5.03 Å². The van der Waals surface area contributed by atoms with Crippen molar-refractivity contribution >= 4 is 17.5 Å². The second-order valence-electron chi connectivity index (χ2n) is 3.76. The lowest BCUT2D eigenvalue weighted by Gasteiger charge is -2.17. The molecule has 0 saturated carbocycles. The summed E-state index contributed by atoms with van der Waals surface area (Å²) >= 11 is 1.73. The molecule has 0 aliphatic carbocycles. The molecule has 11 heavy (non-hydrogen) atoms. The molecule has 1 heterocycles. The maximum absolute atomic E-state index is 4.52. The number of nitrogens with zero attached hydrogens (tertiary/aromatic N) is 1. The Morgan fingerprint density at radius 1 is 1.45 bits per heavy atom. The Morgan fingerprint density at radius 3 is 2.36 bits per heavy atom. The molecule has 1 nitrogen and oxygen atoms in total. The summed E-state index contributed by atoms with van der Waals surface area (Å²) in [7, 11) is 0. The predicted octanol–water partition coefficient (Wildman–Crippen LogP) is 3.08. The molecule has 2 heteroatoms. The van der Waals surface area contributed by atoms with E-state index >= 15 is 0 Å². The van der Waals surface area contributed by atoms with E-state index in [0.29, 0.717) is 0 Å². The van der Waals surface area contributed by atoms with Crippen LogP contribution in [0.3, 0.4) is 0 Å². The van der Waals surface area contributed by atoms with Crippen molar-refractivity contribution in [3.05, 3.63) is 11.1 Å². The van der Waals surface area contributed by atoms with Gasteiger partial charge in [0, 0.05) is 17.5 Å². The zero-order valence-corrected chi connectivity index (χ0v) is 8.46. The SMILES string of the molecule is CSC1=CCC(C(C)(C)C)=N1. The van der Waals surface area contributed by atoms with Crippen LogP contribution in [0.1, 0.15) is 27.2 Å². The Balaban J connectivity index is 2.69. The van der Waals surface area contributed by atoms with Crippen LogP contribution in [-0.4, -0.2) is 12.0 Å². The molecule has 1 rings (SSSR count). The highest BCUT2D eigenvalue weighted by molar-refractivity contribution is 8.02. The first-order valence-corrected chi connectivity index (χ1v) is 5.08. The molecule has 0 aromatic heterocycles. The summed E-state index contributed by atoms with van der Waals surface area (Å²) in [6.07, 6.45) is 5.31. The minimum atomic E-state index is 0.244. The Bertz CT molecular complexity index is 208. The Kier molecular flexibility index (Phi) is 2.43. The van der Waals surface area contributed by atoms with Crippen molar-refractivity contribution in [2.24, 2.45) is 10.4 Å². The van der Waals surface area contributed by atoms with Crippen LogP contribution in [0.4, 0.5) is 0 Å². The fourth-order valence-corrected chi connectivity index (χ4v) is 1.46. The molecule has 1 aliphatic rings. The van der Waals surface area contributed by atoms with Crippen molar-refractivity contribution in [3.63, 3.8) is 0 Å². The van der Waals surface area contributed by atoms with E-state index in [-0.39, 0.29) is 5.41 Å². The third-order valence-corrected chi connectivity index (χ3v) is 2.47. The second-order valence-corrected chi connectivity index (χ2v) is 4.59. The van der Waals surface area contributed by atoms with Crippen molar-refractivity contribution in [3.8, 4) is 0 Å². The third kappa shape index (κ3) is 2.09. The van der Waals surface area contributed by atoms with Gasteiger partial charge in [-0.2, -0.15) is 0 Å². The van der Waals surface area contributed by atoms with E-state index in [1.54, 1.807) is 11.8 Å². The predicted molar refractivity (Wildman–Crippen MR) is 53.1 cm³/mol. The van der Waals surface area contributed by atoms with E-state index in [1.807, 2.05) is 0 Å². The van der Waals surface area contributed by atoms with Gasteiger partial charge in [0.2, 0.25) is 0 Å². The van der Waals surface area contributed by atoms with Crippen molar-refractivity contribution in [2.45, 2.75) is 27.2 Å². The molecule has 0 N–H and O–H groups in total. The van der Waals surface area contributed by atoms with E-state index in [2.05, 4.69) is 38.1 Å². The van der Waals surface area contributed by atoms with Crippen molar-refractivity contribution in [2.75, 3.05) is 6.26 Å².